The average molecular weight is 349 g/mol. The number of pyridine rings is 1. The van der Waals surface area contributed by atoms with Gasteiger partial charge in [-0.2, -0.15) is 0 Å². The van der Waals surface area contributed by atoms with Crippen molar-refractivity contribution >= 4 is 28.4 Å². The van der Waals surface area contributed by atoms with Crippen LogP contribution in [-0.4, -0.2) is 39.3 Å². The van der Waals surface area contributed by atoms with Gasteiger partial charge < -0.3 is 20.1 Å². The van der Waals surface area contributed by atoms with E-state index in [9.17, 15) is 5.11 Å². The summed E-state index contributed by atoms with van der Waals surface area (Å²) in [5.41, 5.74) is 2.29. The molecule has 0 bridgehead atoms. The summed E-state index contributed by atoms with van der Waals surface area (Å²) >= 11 is 0. The van der Waals surface area contributed by atoms with Crippen LogP contribution in [0.4, 0.5) is 17.3 Å². The number of fused-ring (bicyclic) bond motifs is 4. The molecule has 0 spiro atoms. The summed E-state index contributed by atoms with van der Waals surface area (Å²) in [6, 6.07) is 9.21. The van der Waals surface area contributed by atoms with Crippen LogP contribution in [0.3, 0.4) is 0 Å². The number of hydrogen-bond acceptors (Lipinski definition) is 7. The van der Waals surface area contributed by atoms with Gasteiger partial charge in [0.25, 0.3) is 0 Å². The van der Waals surface area contributed by atoms with E-state index in [-0.39, 0.29) is 5.75 Å². The molecule has 7 nitrogen and oxygen atoms in total. The van der Waals surface area contributed by atoms with Gasteiger partial charge in [0.2, 0.25) is 0 Å². The Morgan fingerprint density at radius 1 is 1.15 bits per heavy atom. The molecule has 2 aliphatic heterocycles. The van der Waals surface area contributed by atoms with Gasteiger partial charge in [-0.3, -0.25) is 0 Å². The number of rotatable bonds is 2. The molecule has 1 atom stereocenters. The van der Waals surface area contributed by atoms with Crippen molar-refractivity contribution in [2.75, 3.05) is 23.4 Å². The first-order valence-electron chi connectivity index (χ1n) is 8.89. The second-order valence-electron chi connectivity index (χ2n) is 6.73. The molecule has 2 aliphatic rings. The molecule has 0 saturated carbocycles. The molecule has 1 aromatic carbocycles. The van der Waals surface area contributed by atoms with Crippen molar-refractivity contribution in [2.24, 2.45) is 0 Å². The lowest BCUT2D eigenvalue weighted by Crippen LogP contribution is -2.46. The maximum atomic E-state index is 9.45. The molecule has 0 amide bonds. The van der Waals surface area contributed by atoms with Crippen molar-refractivity contribution in [1.82, 2.24) is 15.0 Å². The fourth-order valence-corrected chi connectivity index (χ4v) is 3.68. The number of nitrogens with zero attached hydrogens (tertiary/aromatic N) is 4. The molecule has 2 N–H and O–H groups in total. The van der Waals surface area contributed by atoms with Crippen LogP contribution >= 0.6 is 0 Å². The van der Waals surface area contributed by atoms with Gasteiger partial charge in [-0.25, -0.2) is 15.0 Å². The minimum atomic E-state index is 0.226. The van der Waals surface area contributed by atoms with E-state index in [0.29, 0.717) is 24.0 Å². The zero-order chi connectivity index (χ0) is 17.5. The largest absolute Gasteiger partial charge is 0.508 e. The molecular weight excluding hydrogens is 330 g/mol. The van der Waals surface area contributed by atoms with Crippen LogP contribution in [0.2, 0.25) is 0 Å². The molecule has 7 heteroatoms. The van der Waals surface area contributed by atoms with Crippen molar-refractivity contribution in [3.05, 3.63) is 36.7 Å². The summed E-state index contributed by atoms with van der Waals surface area (Å²) in [5.74, 6) is 2.55. The van der Waals surface area contributed by atoms with Gasteiger partial charge in [-0.15, -0.1) is 0 Å². The standard InChI is InChI=1S/C19H19N5O2/c25-14-6-4-12(5-7-14)22-18-17-15(20-11-21-18)9-16-19(23-17)24-8-2-1-3-13(24)10-26-16/h4-7,9,11,13,25H,1-3,8,10H2,(H,20,21,22). The highest BCUT2D eigenvalue weighted by atomic mass is 16.5. The average Bonchev–Trinajstić information content (AvgIpc) is 2.68. The number of phenolic OH excluding ortho intramolecular Hbond substituents is 1. The summed E-state index contributed by atoms with van der Waals surface area (Å²) in [4.78, 5) is 16.0. The number of benzene rings is 1. The Kier molecular flexibility index (Phi) is 3.51. The minimum absolute atomic E-state index is 0.226. The van der Waals surface area contributed by atoms with E-state index < -0.39 is 0 Å². The minimum Gasteiger partial charge on any atom is -0.508 e. The first kappa shape index (κ1) is 15.2. The van der Waals surface area contributed by atoms with Crippen molar-refractivity contribution in [3.63, 3.8) is 0 Å². The van der Waals surface area contributed by atoms with Gasteiger partial charge >= 0.3 is 0 Å². The third kappa shape index (κ3) is 2.56. The quantitative estimate of drug-likeness (QED) is 0.687. The molecule has 2 aromatic heterocycles. The number of hydrogen-bond donors (Lipinski definition) is 2. The lowest BCUT2D eigenvalue weighted by molar-refractivity contribution is 0.238. The first-order valence-corrected chi connectivity index (χ1v) is 8.89. The molecule has 132 valence electrons. The highest BCUT2D eigenvalue weighted by Crippen LogP contribution is 2.38. The van der Waals surface area contributed by atoms with E-state index in [4.69, 9.17) is 9.72 Å². The Morgan fingerprint density at radius 3 is 2.92 bits per heavy atom. The van der Waals surface area contributed by atoms with Crippen LogP contribution in [0, 0.1) is 0 Å². The van der Waals surface area contributed by atoms with Gasteiger partial charge in [0.15, 0.2) is 17.4 Å². The molecule has 1 unspecified atom stereocenters. The topological polar surface area (TPSA) is 83.4 Å². The third-order valence-corrected chi connectivity index (χ3v) is 5.02. The highest BCUT2D eigenvalue weighted by Gasteiger charge is 2.31. The van der Waals surface area contributed by atoms with E-state index in [1.165, 1.54) is 19.2 Å². The van der Waals surface area contributed by atoms with E-state index in [2.05, 4.69) is 20.2 Å². The summed E-state index contributed by atoms with van der Waals surface area (Å²) in [6.07, 6.45) is 5.08. The molecule has 5 rings (SSSR count). The summed E-state index contributed by atoms with van der Waals surface area (Å²) in [5, 5.41) is 12.7. The highest BCUT2D eigenvalue weighted by molar-refractivity contribution is 5.90. The van der Waals surface area contributed by atoms with Crippen molar-refractivity contribution < 1.29 is 9.84 Å². The van der Waals surface area contributed by atoms with E-state index >= 15 is 0 Å². The zero-order valence-electron chi connectivity index (χ0n) is 14.2. The predicted octanol–water partition coefficient (Wildman–Crippen LogP) is 3.23. The monoisotopic (exact) mass is 349 g/mol. The number of piperidine rings is 1. The smallest absolute Gasteiger partial charge is 0.172 e. The fraction of sp³-hybridized carbons (Fsp3) is 0.316. The van der Waals surface area contributed by atoms with E-state index in [1.807, 2.05) is 6.07 Å². The molecule has 1 fully saturated rings. The zero-order valence-corrected chi connectivity index (χ0v) is 14.2. The second-order valence-corrected chi connectivity index (χ2v) is 6.73. The number of aromatic hydroxyl groups is 1. The molecule has 0 aliphatic carbocycles. The van der Waals surface area contributed by atoms with E-state index in [0.717, 1.165) is 35.7 Å². The summed E-state index contributed by atoms with van der Waals surface area (Å²) in [6.45, 7) is 1.72. The first-order chi connectivity index (χ1) is 12.8. The molecule has 0 radical (unpaired) electrons. The number of aromatic nitrogens is 3. The van der Waals surface area contributed by atoms with Crippen molar-refractivity contribution in [3.8, 4) is 11.5 Å². The Bertz CT molecular complexity index is 960. The van der Waals surface area contributed by atoms with Crippen LogP contribution in [0.1, 0.15) is 19.3 Å². The summed E-state index contributed by atoms with van der Waals surface area (Å²) in [7, 11) is 0. The molecular formula is C19H19N5O2. The van der Waals surface area contributed by atoms with Gasteiger partial charge in [0.1, 0.15) is 24.2 Å². The Labute approximate surface area is 150 Å². The van der Waals surface area contributed by atoms with Crippen LogP contribution < -0.4 is 15.0 Å². The van der Waals surface area contributed by atoms with Crippen LogP contribution in [0.25, 0.3) is 11.0 Å². The molecule has 1 saturated heterocycles. The van der Waals surface area contributed by atoms with Gasteiger partial charge in [-0.05, 0) is 43.5 Å². The van der Waals surface area contributed by atoms with Gasteiger partial charge in [-0.1, -0.05) is 0 Å². The number of ether oxygens (including phenoxy) is 1. The van der Waals surface area contributed by atoms with E-state index in [1.54, 1.807) is 24.3 Å². The maximum absolute atomic E-state index is 9.45. The normalized spacial score (nSPS) is 18.8. The Balaban J connectivity index is 1.58. The lowest BCUT2D eigenvalue weighted by Gasteiger charge is -2.40. The number of phenols is 1. The van der Waals surface area contributed by atoms with Crippen LogP contribution in [0.15, 0.2) is 36.7 Å². The third-order valence-electron chi connectivity index (χ3n) is 5.02. The SMILES string of the molecule is Oc1ccc(Nc2ncnc3cc4c(nc23)N2CCCCC2CO4)cc1. The molecule has 26 heavy (non-hydrogen) atoms. The lowest BCUT2D eigenvalue weighted by atomic mass is 10.0. The van der Waals surface area contributed by atoms with Gasteiger partial charge in [0, 0.05) is 18.3 Å². The predicted molar refractivity (Wildman–Crippen MR) is 99.2 cm³/mol. The second kappa shape index (κ2) is 6.01. The number of anilines is 3. The maximum Gasteiger partial charge on any atom is 0.172 e. The van der Waals surface area contributed by atoms with Gasteiger partial charge in [0.05, 0.1) is 11.6 Å². The number of nitrogens with one attached hydrogen (secondary N) is 1. The fourth-order valence-electron chi connectivity index (χ4n) is 3.68. The van der Waals surface area contributed by atoms with Crippen molar-refractivity contribution in [2.45, 2.75) is 25.3 Å². The summed E-state index contributed by atoms with van der Waals surface area (Å²) < 4.78 is 5.96. The molecule has 4 heterocycles. The van der Waals surface area contributed by atoms with Crippen LogP contribution in [-0.2, 0) is 0 Å². The molecule has 3 aromatic rings. The Hall–Kier alpha value is -3.09. The Morgan fingerprint density at radius 2 is 2.04 bits per heavy atom. The van der Waals surface area contributed by atoms with Crippen LogP contribution in [0.5, 0.6) is 11.5 Å². The van der Waals surface area contributed by atoms with Crippen molar-refractivity contribution in [1.29, 1.82) is 0 Å².